The van der Waals surface area contributed by atoms with E-state index in [1.807, 2.05) is 0 Å². The highest BCUT2D eigenvalue weighted by Crippen LogP contribution is 2.10. The van der Waals surface area contributed by atoms with Gasteiger partial charge in [-0.15, -0.1) is 0 Å². The molecule has 6 nitrogen and oxygen atoms in total. The van der Waals surface area contributed by atoms with Crippen LogP contribution in [0, 0.1) is 15.3 Å². The lowest BCUT2D eigenvalue weighted by Crippen LogP contribution is -2.10. The molecule has 0 heterocycles. The van der Waals surface area contributed by atoms with Gasteiger partial charge in [0.05, 0.1) is 4.92 Å². The van der Waals surface area contributed by atoms with E-state index in [2.05, 4.69) is 0 Å². The summed E-state index contributed by atoms with van der Waals surface area (Å²) in [6, 6.07) is 5.58. The van der Waals surface area contributed by atoms with Gasteiger partial charge >= 0.3 is 0 Å². The van der Waals surface area contributed by atoms with Gasteiger partial charge in [0.2, 0.25) is 0 Å². The Labute approximate surface area is 85.8 Å². The van der Waals surface area contributed by atoms with Crippen LogP contribution in [-0.4, -0.2) is 34.1 Å². The molecule has 1 N–H and O–H groups in total. The van der Waals surface area contributed by atoms with Crippen molar-refractivity contribution in [3.63, 3.8) is 0 Å². The van der Waals surface area contributed by atoms with Gasteiger partial charge in [-0.2, -0.15) is 0 Å². The van der Waals surface area contributed by atoms with Crippen molar-refractivity contribution in [2.24, 2.45) is 0 Å². The predicted molar refractivity (Wildman–Crippen MR) is 53.8 cm³/mol. The molecule has 6 heteroatoms. The van der Waals surface area contributed by atoms with Crippen molar-refractivity contribution in [2.45, 2.75) is 0 Å². The molecule has 0 saturated heterocycles. The van der Waals surface area contributed by atoms with Crippen molar-refractivity contribution in [3.8, 4) is 0 Å². The van der Waals surface area contributed by atoms with E-state index in [0.29, 0.717) is 10.3 Å². The Morgan fingerprint density at radius 1 is 1.27 bits per heavy atom. The molecule has 0 spiro atoms. The van der Waals surface area contributed by atoms with Crippen LogP contribution in [0.4, 0.5) is 5.69 Å². The van der Waals surface area contributed by atoms with Crippen molar-refractivity contribution in [1.82, 2.24) is 0 Å². The number of rotatable bonds is 4. The molecular weight excluding hydrogens is 200 g/mol. The molecule has 0 aromatic heterocycles. The third kappa shape index (κ3) is 3.35. The fourth-order valence-electron chi connectivity index (χ4n) is 1.01. The van der Waals surface area contributed by atoms with E-state index in [1.165, 1.54) is 30.5 Å². The lowest BCUT2D eigenvalue weighted by molar-refractivity contribution is -0.455. The molecule has 0 unspecified atom stereocenters. The molecule has 1 aromatic rings. The average molecular weight is 210 g/mol. The summed E-state index contributed by atoms with van der Waals surface area (Å²) in [5.41, 5.74) is 0.538. The van der Waals surface area contributed by atoms with E-state index in [4.69, 9.17) is 5.11 Å². The minimum Gasteiger partial charge on any atom is -0.624 e. The molecule has 0 aliphatic heterocycles. The van der Waals surface area contributed by atoms with Crippen LogP contribution in [0.3, 0.4) is 0 Å². The Bertz CT molecular complexity index is 372. The summed E-state index contributed by atoms with van der Waals surface area (Å²) in [7, 11) is 0. The molecule has 15 heavy (non-hydrogen) atoms. The fraction of sp³-hybridized carbons (Fsp3) is 0.222. The summed E-state index contributed by atoms with van der Waals surface area (Å²) < 4.78 is 0.571. The second kappa shape index (κ2) is 5.06. The van der Waals surface area contributed by atoms with Gasteiger partial charge in [-0.3, -0.25) is 10.1 Å². The smallest absolute Gasteiger partial charge is 0.269 e. The van der Waals surface area contributed by atoms with Gasteiger partial charge in [0, 0.05) is 17.7 Å². The van der Waals surface area contributed by atoms with Crippen LogP contribution in [0.5, 0.6) is 0 Å². The van der Waals surface area contributed by atoms with Gasteiger partial charge in [-0.05, 0) is 12.1 Å². The quantitative estimate of drug-likeness (QED) is 0.258. The van der Waals surface area contributed by atoms with Crippen LogP contribution in [0.2, 0.25) is 0 Å². The summed E-state index contributed by atoms with van der Waals surface area (Å²) in [6.07, 6.45) is 1.26. The van der Waals surface area contributed by atoms with Crippen molar-refractivity contribution in [1.29, 1.82) is 0 Å². The van der Waals surface area contributed by atoms with E-state index in [1.54, 1.807) is 0 Å². The van der Waals surface area contributed by atoms with Gasteiger partial charge in [-0.25, -0.2) is 4.74 Å². The number of benzene rings is 1. The number of aliphatic hydroxyl groups excluding tert-OH is 1. The Morgan fingerprint density at radius 3 is 2.33 bits per heavy atom. The van der Waals surface area contributed by atoms with Crippen molar-refractivity contribution < 1.29 is 14.8 Å². The number of hydrogen-bond donors (Lipinski definition) is 1. The molecule has 0 atom stereocenters. The number of hydroxylamine groups is 1. The molecule has 0 saturated carbocycles. The van der Waals surface area contributed by atoms with Crippen LogP contribution in [0.25, 0.3) is 0 Å². The number of hydrogen-bond acceptors (Lipinski definition) is 4. The molecule has 1 aromatic carbocycles. The Balaban J connectivity index is 2.80. The lowest BCUT2D eigenvalue weighted by atomic mass is 10.2. The minimum absolute atomic E-state index is 0.0169. The van der Waals surface area contributed by atoms with E-state index in [0.717, 1.165) is 0 Å². The SMILES string of the molecule is O=[N+]([O-])c1ccc(/C=[N+](\[O-])CCO)cc1. The summed E-state index contributed by atoms with van der Waals surface area (Å²) in [6.45, 7) is -0.246. The van der Waals surface area contributed by atoms with Gasteiger partial charge in [-0.1, -0.05) is 0 Å². The first-order chi connectivity index (χ1) is 7.13. The van der Waals surface area contributed by atoms with Crippen molar-refractivity contribution in [2.75, 3.05) is 13.2 Å². The topological polar surface area (TPSA) is 89.4 Å². The minimum atomic E-state index is -0.507. The maximum absolute atomic E-state index is 11.0. The normalized spacial score (nSPS) is 11.4. The van der Waals surface area contributed by atoms with E-state index < -0.39 is 4.92 Å². The molecule has 0 bridgehead atoms. The monoisotopic (exact) mass is 210 g/mol. The van der Waals surface area contributed by atoms with Crippen molar-refractivity contribution >= 4 is 11.9 Å². The van der Waals surface area contributed by atoms with Gasteiger partial charge in [0.1, 0.15) is 6.61 Å². The number of aliphatic hydroxyl groups is 1. The Hall–Kier alpha value is -1.95. The average Bonchev–Trinajstić information content (AvgIpc) is 2.18. The Kier molecular flexibility index (Phi) is 3.75. The summed E-state index contributed by atoms with van der Waals surface area (Å²) >= 11 is 0. The molecule has 0 fully saturated rings. The number of non-ortho nitro benzene ring substituents is 1. The highest BCUT2D eigenvalue weighted by Gasteiger charge is 2.03. The van der Waals surface area contributed by atoms with Gasteiger partial charge < -0.3 is 10.3 Å². The van der Waals surface area contributed by atoms with Crippen LogP contribution in [-0.2, 0) is 0 Å². The molecule has 0 amide bonds. The largest absolute Gasteiger partial charge is 0.624 e. The van der Waals surface area contributed by atoms with Crippen LogP contribution >= 0.6 is 0 Å². The first kappa shape index (κ1) is 11.1. The van der Waals surface area contributed by atoms with Crippen molar-refractivity contribution in [3.05, 3.63) is 45.2 Å². The molecule has 1 rings (SSSR count). The van der Waals surface area contributed by atoms with E-state index >= 15 is 0 Å². The van der Waals surface area contributed by atoms with E-state index in [9.17, 15) is 15.3 Å². The first-order valence-corrected chi connectivity index (χ1v) is 4.27. The molecule has 0 radical (unpaired) electrons. The highest BCUT2D eigenvalue weighted by molar-refractivity contribution is 5.76. The number of nitrogens with zero attached hydrogens (tertiary/aromatic N) is 2. The number of nitro benzene ring substituents is 1. The third-order valence-electron chi connectivity index (χ3n) is 1.72. The molecule has 0 aliphatic carbocycles. The standard InChI is InChI=1S/C9H10N2O4/c12-6-5-10(13)7-8-1-3-9(4-2-8)11(14)15/h1-4,7,12H,5-6H2/b10-7-. The second-order valence-electron chi connectivity index (χ2n) is 2.84. The van der Waals surface area contributed by atoms with Crippen LogP contribution in [0.1, 0.15) is 5.56 Å². The number of nitro groups is 1. The lowest BCUT2D eigenvalue weighted by Gasteiger charge is -2.00. The second-order valence-corrected chi connectivity index (χ2v) is 2.84. The van der Waals surface area contributed by atoms with Crippen LogP contribution in [0.15, 0.2) is 24.3 Å². The van der Waals surface area contributed by atoms with Gasteiger partial charge in [0.15, 0.2) is 12.8 Å². The molecule has 80 valence electrons. The maximum Gasteiger partial charge on any atom is 0.269 e. The Morgan fingerprint density at radius 2 is 1.87 bits per heavy atom. The third-order valence-corrected chi connectivity index (χ3v) is 1.72. The fourth-order valence-corrected chi connectivity index (χ4v) is 1.01. The summed E-state index contributed by atoms with van der Waals surface area (Å²) in [5, 5.41) is 29.8. The van der Waals surface area contributed by atoms with E-state index in [-0.39, 0.29) is 18.8 Å². The maximum atomic E-state index is 11.0. The molecular formula is C9H10N2O4. The summed E-state index contributed by atoms with van der Waals surface area (Å²) in [5.74, 6) is 0. The molecule has 0 aliphatic rings. The predicted octanol–water partition coefficient (Wildman–Crippen LogP) is 0.516. The zero-order valence-electron chi connectivity index (χ0n) is 7.87. The van der Waals surface area contributed by atoms with Crippen LogP contribution < -0.4 is 0 Å². The van der Waals surface area contributed by atoms with Gasteiger partial charge in [0.25, 0.3) is 5.69 Å². The highest BCUT2D eigenvalue weighted by atomic mass is 16.6. The zero-order valence-corrected chi connectivity index (χ0v) is 7.87. The first-order valence-electron chi connectivity index (χ1n) is 4.27. The zero-order chi connectivity index (χ0) is 11.3. The summed E-state index contributed by atoms with van der Waals surface area (Å²) in [4.78, 5) is 9.82.